The number of aromatic hydroxyl groups is 1. The minimum absolute atomic E-state index is 0.00573. The number of hydrogen-bond acceptors (Lipinski definition) is 6. The summed E-state index contributed by atoms with van der Waals surface area (Å²) < 4.78 is 22.5. The molecule has 6 nitrogen and oxygen atoms in total. The summed E-state index contributed by atoms with van der Waals surface area (Å²) in [6.07, 6.45) is 0. The van der Waals surface area contributed by atoms with Gasteiger partial charge < -0.3 is 24.1 Å². The molecule has 0 atom stereocenters. The Balaban J connectivity index is 2.18. The molecule has 0 saturated carbocycles. The van der Waals surface area contributed by atoms with Crippen molar-refractivity contribution in [2.24, 2.45) is 0 Å². The van der Waals surface area contributed by atoms with Crippen LogP contribution in [-0.4, -0.2) is 76.0 Å². The Morgan fingerprint density at radius 1 is 0.710 bits per heavy atom. The second-order valence-corrected chi connectivity index (χ2v) is 10.3. The van der Waals surface area contributed by atoms with Gasteiger partial charge in [-0.1, -0.05) is 53.7 Å². The second kappa shape index (κ2) is 12.2. The van der Waals surface area contributed by atoms with E-state index in [9.17, 15) is 5.11 Å². The number of hydrogen-bond donors (Lipinski definition) is 1. The Kier molecular flexibility index (Phi) is 10.2. The smallest absolute Gasteiger partial charge is 0.123 e. The summed E-state index contributed by atoms with van der Waals surface area (Å²) in [6, 6.07) is 4.32. The molecule has 2 rings (SSSR count). The number of benzene rings is 1. The van der Waals surface area contributed by atoms with E-state index in [2.05, 4.69) is 58.6 Å². The third-order valence-electron chi connectivity index (χ3n) is 5.48. The maximum Gasteiger partial charge on any atom is 0.123 e. The van der Waals surface area contributed by atoms with Crippen LogP contribution in [0.5, 0.6) is 5.75 Å². The highest BCUT2D eigenvalue weighted by atomic mass is 16.6. The van der Waals surface area contributed by atoms with Crippen molar-refractivity contribution in [1.29, 1.82) is 0 Å². The van der Waals surface area contributed by atoms with Gasteiger partial charge in [0.25, 0.3) is 0 Å². The summed E-state index contributed by atoms with van der Waals surface area (Å²) in [5.41, 5.74) is 3.07. The Labute approximate surface area is 188 Å². The molecule has 0 aliphatic carbocycles. The van der Waals surface area contributed by atoms with Crippen molar-refractivity contribution in [2.75, 3.05) is 65.9 Å². The lowest BCUT2D eigenvalue weighted by molar-refractivity contribution is 0.00206. The summed E-state index contributed by atoms with van der Waals surface area (Å²) in [5, 5.41) is 11.1. The largest absolute Gasteiger partial charge is 0.507 e. The van der Waals surface area contributed by atoms with E-state index in [1.54, 1.807) is 0 Å². The van der Waals surface area contributed by atoms with Crippen molar-refractivity contribution in [1.82, 2.24) is 4.90 Å². The van der Waals surface area contributed by atoms with Crippen LogP contribution in [0.1, 0.15) is 58.2 Å². The Hall–Kier alpha value is -1.18. The predicted molar refractivity (Wildman–Crippen MR) is 124 cm³/mol. The molecule has 1 N–H and O–H groups in total. The van der Waals surface area contributed by atoms with Crippen LogP contribution in [0, 0.1) is 0 Å². The van der Waals surface area contributed by atoms with Gasteiger partial charge in [0.2, 0.25) is 0 Å². The molecular weight excluding hydrogens is 394 g/mol. The van der Waals surface area contributed by atoms with Crippen LogP contribution < -0.4 is 0 Å². The molecule has 1 aliphatic heterocycles. The third kappa shape index (κ3) is 9.07. The molecule has 0 radical (unpaired) electrons. The first-order chi connectivity index (χ1) is 14.6. The van der Waals surface area contributed by atoms with Gasteiger partial charge in [0.05, 0.1) is 52.9 Å². The van der Waals surface area contributed by atoms with Gasteiger partial charge in [0.1, 0.15) is 5.75 Å². The van der Waals surface area contributed by atoms with E-state index in [1.807, 2.05) is 0 Å². The molecule has 1 aromatic carbocycles. The van der Waals surface area contributed by atoms with E-state index in [0.717, 1.165) is 24.2 Å². The first-order valence-electron chi connectivity index (χ1n) is 11.5. The molecule has 1 aromatic rings. The molecule has 1 fully saturated rings. The monoisotopic (exact) mass is 437 g/mol. The molecule has 1 aliphatic rings. The number of nitrogens with zero attached hydrogens (tertiary/aromatic N) is 1. The normalized spacial score (nSPS) is 19.5. The fourth-order valence-electron chi connectivity index (χ4n) is 3.48. The summed E-state index contributed by atoms with van der Waals surface area (Å²) in [7, 11) is 0. The van der Waals surface area contributed by atoms with Gasteiger partial charge >= 0.3 is 0 Å². The molecule has 0 spiro atoms. The molecule has 1 saturated heterocycles. The van der Waals surface area contributed by atoms with Gasteiger partial charge in [0, 0.05) is 25.2 Å². The first-order valence-corrected chi connectivity index (χ1v) is 11.5. The number of ether oxygens (including phenoxy) is 4. The summed E-state index contributed by atoms with van der Waals surface area (Å²) in [6.45, 7) is 20.0. The van der Waals surface area contributed by atoms with Gasteiger partial charge in [-0.15, -0.1) is 0 Å². The zero-order valence-corrected chi connectivity index (χ0v) is 20.5. The van der Waals surface area contributed by atoms with Crippen molar-refractivity contribution < 1.29 is 24.1 Å². The second-order valence-electron chi connectivity index (χ2n) is 10.3. The number of rotatable bonds is 2. The van der Waals surface area contributed by atoms with Crippen molar-refractivity contribution in [3.63, 3.8) is 0 Å². The minimum atomic E-state index is -0.136. The van der Waals surface area contributed by atoms with E-state index in [0.29, 0.717) is 65.1 Å². The maximum atomic E-state index is 11.1. The van der Waals surface area contributed by atoms with E-state index in [1.165, 1.54) is 5.56 Å². The fourth-order valence-corrected chi connectivity index (χ4v) is 3.48. The minimum Gasteiger partial charge on any atom is -0.507 e. The van der Waals surface area contributed by atoms with Crippen LogP contribution in [-0.2, 0) is 36.3 Å². The SMILES string of the molecule is CC(C)(C)c1cc(CN2CCOCCOCCOCCOCC2)c(O)c(C(C)(C)C)c1. The molecule has 0 amide bonds. The van der Waals surface area contributed by atoms with E-state index in [4.69, 9.17) is 18.9 Å². The van der Waals surface area contributed by atoms with Crippen molar-refractivity contribution in [3.05, 3.63) is 28.8 Å². The Morgan fingerprint density at radius 3 is 1.58 bits per heavy atom. The molecule has 1 heterocycles. The average molecular weight is 438 g/mol. The highest BCUT2D eigenvalue weighted by Crippen LogP contribution is 2.38. The summed E-state index contributed by atoms with van der Waals surface area (Å²) >= 11 is 0. The lowest BCUT2D eigenvalue weighted by atomic mass is 9.79. The van der Waals surface area contributed by atoms with Gasteiger partial charge in [-0.25, -0.2) is 0 Å². The predicted octanol–water partition coefficient (Wildman–Crippen LogP) is 3.87. The quantitative estimate of drug-likeness (QED) is 0.758. The van der Waals surface area contributed by atoms with Crippen molar-refractivity contribution >= 4 is 0 Å². The third-order valence-corrected chi connectivity index (χ3v) is 5.48. The molecule has 31 heavy (non-hydrogen) atoms. The Morgan fingerprint density at radius 2 is 1.16 bits per heavy atom. The van der Waals surface area contributed by atoms with E-state index >= 15 is 0 Å². The lowest BCUT2D eigenvalue weighted by Gasteiger charge is -2.29. The average Bonchev–Trinajstić information content (AvgIpc) is 2.67. The molecule has 0 aromatic heterocycles. The first kappa shape index (κ1) is 26.1. The highest BCUT2D eigenvalue weighted by Gasteiger charge is 2.25. The van der Waals surface area contributed by atoms with Crippen molar-refractivity contribution in [2.45, 2.75) is 58.9 Å². The van der Waals surface area contributed by atoms with Gasteiger partial charge in [-0.3, -0.25) is 4.90 Å². The topological polar surface area (TPSA) is 60.4 Å². The lowest BCUT2D eigenvalue weighted by Crippen LogP contribution is -2.31. The Bertz CT molecular complexity index is 647. The van der Waals surface area contributed by atoms with Gasteiger partial charge in [0.15, 0.2) is 0 Å². The molecule has 0 unspecified atom stereocenters. The molecule has 0 bridgehead atoms. The molecule has 6 heteroatoms. The summed E-state index contributed by atoms with van der Waals surface area (Å²) in [4.78, 5) is 2.29. The van der Waals surface area contributed by atoms with Crippen LogP contribution in [0.15, 0.2) is 12.1 Å². The standard InChI is InChI=1S/C25H43NO5/c1-24(2,3)21-17-20(23(27)22(18-21)25(4,5)6)19-26-7-9-28-11-13-30-15-16-31-14-12-29-10-8-26/h17-18,27H,7-16,19H2,1-6H3. The van der Waals surface area contributed by atoms with Crippen LogP contribution in [0.25, 0.3) is 0 Å². The highest BCUT2D eigenvalue weighted by molar-refractivity contribution is 5.48. The van der Waals surface area contributed by atoms with Crippen LogP contribution in [0.4, 0.5) is 0 Å². The van der Waals surface area contributed by atoms with Crippen molar-refractivity contribution in [3.8, 4) is 5.75 Å². The zero-order valence-electron chi connectivity index (χ0n) is 20.5. The van der Waals surface area contributed by atoms with E-state index < -0.39 is 0 Å². The van der Waals surface area contributed by atoms with Crippen LogP contribution in [0.2, 0.25) is 0 Å². The number of phenols is 1. The molecule has 178 valence electrons. The van der Waals surface area contributed by atoms with Crippen LogP contribution in [0.3, 0.4) is 0 Å². The molecular formula is C25H43NO5. The zero-order chi connectivity index (χ0) is 22.9. The summed E-state index contributed by atoms with van der Waals surface area (Å²) in [5.74, 6) is 0.403. The van der Waals surface area contributed by atoms with Gasteiger partial charge in [-0.05, 0) is 22.0 Å². The fraction of sp³-hybridized carbons (Fsp3) is 0.760. The maximum absolute atomic E-state index is 11.1. The van der Waals surface area contributed by atoms with Gasteiger partial charge in [-0.2, -0.15) is 0 Å². The number of phenolic OH excluding ortho intramolecular Hbond substituents is 1. The van der Waals surface area contributed by atoms with Crippen LogP contribution >= 0.6 is 0 Å². The van der Waals surface area contributed by atoms with E-state index in [-0.39, 0.29) is 10.8 Å².